The lowest BCUT2D eigenvalue weighted by Gasteiger charge is -1.98. The summed E-state index contributed by atoms with van der Waals surface area (Å²) >= 11 is 3.29. The molecule has 0 fully saturated rings. The zero-order chi connectivity index (χ0) is 8.81. The lowest BCUT2D eigenvalue weighted by Crippen LogP contribution is -2.08. The van der Waals surface area contributed by atoms with Crippen LogP contribution >= 0.6 is 15.9 Å². The van der Waals surface area contributed by atoms with Crippen LogP contribution in [0.15, 0.2) is 24.3 Å². The average Bonchev–Trinajstić information content (AvgIpc) is 2.15. The molecule has 0 amide bonds. The van der Waals surface area contributed by atoms with E-state index in [0.717, 1.165) is 11.0 Å². The molecule has 1 aromatic heterocycles. The highest BCUT2D eigenvalue weighted by molar-refractivity contribution is 9.09. The van der Waals surface area contributed by atoms with Crippen LogP contribution in [0.3, 0.4) is 0 Å². The van der Waals surface area contributed by atoms with E-state index in [0.29, 0.717) is 5.82 Å². The van der Waals surface area contributed by atoms with Gasteiger partial charge in [-0.2, -0.15) is 0 Å². The molecule has 64 valence electrons. The lowest BCUT2D eigenvalue weighted by atomic mass is 10.3. The van der Waals surface area contributed by atoms with Gasteiger partial charge in [0.15, 0.2) is 0 Å². The summed E-state index contributed by atoms with van der Waals surface area (Å²) in [6.45, 7) is 0. The molecule has 1 rings (SSSR count). The van der Waals surface area contributed by atoms with Crippen molar-refractivity contribution in [2.45, 2.75) is 0 Å². The Morgan fingerprint density at radius 1 is 1.58 bits per heavy atom. The number of halogens is 1. The Labute approximate surface area is 79.8 Å². The largest absolute Gasteiger partial charge is 0.308 e. The van der Waals surface area contributed by atoms with E-state index < -0.39 is 0 Å². The van der Waals surface area contributed by atoms with Crippen molar-refractivity contribution in [2.75, 3.05) is 10.8 Å². The third-order valence-corrected chi connectivity index (χ3v) is 1.67. The summed E-state index contributed by atoms with van der Waals surface area (Å²) in [5, 5.41) is 0.828. The number of hydrogen-bond acceptors (Lipinski definition) is 3. The standard InChI is InChI=1S/C8H10BrN3/c9-6-2-4-7-3-1-5-8(11-7)12-10/h1-5H,6,10H2,(H,11,12). The molecule has 0 saturated carbocycles. The summed E-state index contributed by atoms with van der Waals surface area (Å²) in [5.74, 6) is 5.87. The second kappa shape index (κ2) is 4.90. The SMILES string of the molecule is NNc1cccc(C=CCBr)n1. The van der Waals surface area contributed by atoms with Crippen LogP contribution in [0.2, 0.25) is 0 Å². The molecule has 0 aliphatic heterocycles. The number of nitrogens with two attached hydrogens (primary N) is 1. The van der Waals surface area contributed by atoms with E-state index in [1.165, 1.54) is 0 Å². The monoisotopic (exact) mass is 227 g/mol. The van der Waals surface area contributed by atoms with E-state index in [1.54, 1.807) is 0 Å². The Bertz CT molecular complexity index is 273. The molecule has 1 aromatic rings. The average molecular weight is 228 g/mol. The molecule has 0 aromatic carbocycles. The molecule has 0 spiro atoms. The number of hydrazine groups is 1. The number of anilines is 1. The molecule has 4 heteroatoms. The van der Waals surface area contributed by atoms with Gasteiger partial charge in [0.05, 0.1) is 5.69 Å². The fraction of sp³-hybridized carbons (Fsp3) is 0.125. The van der Waals surface area contributed by atoms with Gasteiger partial charge < -0.3 is 5.43 Å². The minimum absolute atomic E-state index is 0.673. The van der Waals surface area contributed by atoms with Gasteiger partial charge in [0.25, 0.3) is 0 Å². The Morgan fingerprint density at radius 3 is 3.08 bits per heavy atom. The maximum Gasteiger partial charge on any atom is 0.140 e. The van der Waals surface area contributed by atoms with Gasteiger partial charge in [0.1, 0.15) is 5.82 Å². The first-order valence-electron chi connectivity index (χ1n) is 3.53. The van der Waals surface area contributed by atoms with Crippen LogP contribution in [-0.4, -0.2) is 10.3 Å². The highest BCUT2D eigenvalue weighted by atomic mass is 79.9. The van der Waals surface area contributed by atoms with Crippen LogP contribution in [0.25, 0.3) is 6.08 Å². The van der Waals surface area contributed by atoms with Gasteiger partial charge in [-0.25, -0.2) is 10.8 Å². The number of nitrogen functional groups attached to an aromatic ring is 1. The Balaban J connectivity index is 2.79. The van der Waals surface area contributed by atoms with Crippen LogP contribution in [0.4, 0.5) is 5.82 Å². The van der Waals surface area contributed by atoms with Crippen molar-refractivity contribution in [2.24, 2.45) is 5.84 Å². The second-order valence-electron chi connectivity index (χ2n) is 2.15. The van der Waals surface area contributed by atoms with Crippen LogP contribution in [-0.2, 0) is 0 Å². The first kappa shape index (κ1) is 9.22. The third kappa shape index (κ3) is 2.64. The highest BCUT2D eigenvalue weighted by Gasteiger charge is 1.90. The molecule has 0 atom stereocenters. The first-order valence-corrected chi connectivity index (χ1v) is 4.65. The van der Waals surface area contributed by atoms with Crippen molar-refractivity contribution in [1.29, 1.82) is 0 Å². The van der Waals surface area contributed by atoms with E-state index in [-0.39, 0.29) is 0 Å². The molecule has 3 N–H and O–H groups in total. The number of pyridine rings is 1. The normalized spacial score (nSPS) is 10.5. The number of alkyl halides is 1. The van der Waals surface area contributed by atoms with E-state index in [9.17, 15) is 0 Å². The Kier molecular flexibility index (Phi) is 3.76. The van der Waals surface area contributed by atoms with Crippen LogP contribution < -0.4 is 11.3 Å². The number of rotatable bonds is 3. The molecular weight excluding hydrogens is 218 g/mol. The van der Waals surface area contributed by atoms with Crippen LogP contribution in [0.5, 0.6) is 0 Å². The predicted molar refractivity (Wildman–Crippen MR) is 54.9 cm³/mol. The summed E-state index contributed by atoms with van der Waals surface area (Å²) in [6.07, 6.45) is 3.90. The van der Waals surface area contributed by atoms with Gasteiger partial charge >= 0.3 is 0 Å². The summed E-state index contributed by atoms with van der Waals surface area (Å²) < 4.78 is 0. The molecule has 0 aliphatic carbocycles. The van der Waals surface area contributed by atoms with E-state index in [4.69, 9.17) is 5.84 Å². The predicted octanol–water partition coefficient (Wildman–Crippen LogP) is 1.78. The van der Waals surface area contributed by atoms with Gasteiger partial charge in [-0.1, -0.05) is 28.1 Å². The van der Waals surface area contributed by atoms with E-state index in [1.807, 2.05) is 30.4 Å². The number of aromatic nitrogens is 1. The Morgan fingerprint density at radius 2 is 2.42 bits per heavy atom. The zero-order valence-electron chi connectivity index (χ0n) is 6.50. The number of allylic oxidation sites excluding steroid dienone is 1. The maximum absolute atomic E-state index is 5.20. The lowest BCUT2D eigenvalue weighted by molar-refractivity contribution is 1.21. The molecule has 3 nitrogen and oxygen atoms in total. The molecule has 0 saturated heterocycles. The number of nitrogens with zero attached hydrogens (tertiary/aromatic N) is 1. The van der Waals surface area contributed by atoms with Crippen molar-refractivity contribution >= 4 is 27.8 Å². The van der Waals surface area contributed by atoms with Crippen molar-refractivity contribution in [3.8, 4) is 0 Å². The number of nitrogens with one attached hydrogen (secondary N) is 1. The fourth-order valence-corrected chi connectivity index (χ4v) is 0.977. The molecular formula is C8H10BrN3. The third-order valence-electron chi connectivity index (χ3n) is 1.30. The second-order valence-corrected chi connectivity index (χ2v) is 2.80. The minimum atomic E-state index is 0.673. The van der Waals surface area contributed by atoms with Crippen molar-refractivity contribution in [3.63, 3.8) is 0 Å². The maximum atomic E-state index is 5.20. The number of hydrogen-bond donors (Lipinski definition) is 2. The molecule has 12 heavy (non-hydrogen) atoms. The molecule has 0 unspecified atom stereocenters. The molecule has 0 radical (unpaired) electrons. The van der Waals surface area contributed by atoms with Gasteiger partial charge in [-0.15, -0.1) is 0 Å². The highest BCUT2D eigenvalue weighted by Crippen LogP contribution is 2.04. The smallest absolute Gasteiger partial charge is 0.140 e. The van der Waals surface area contributed by atoms with Gasteiger partial charge in [-0.3, -0.25) is 0 Å². The van der Waals surface area contributed by atoms with Gasteiger partial charge in [-0.05, 0) is 18.2 Å². The van der Waals surface area contributed by atoms with Crippen molar-refractivity contribution in [3.05, 3.63) is 30.0 Å². The van der Waals surface area contributed by atoms with Crippen molar-refractivity contribution in [1.82, 2.24) is 4.98 Å². The van der Waals surface area contributed by atoms with Crippen molar-refractivity contribution < 1.29 is 0 Å². The fourth-order valence-electron chi connectivity index (χ4n) is 0.790. The van der Waals surface area contributed by atoms with Crippen LogP contribution in [0, 0.1) is 0 Å². The van der Waals surface area contributed by atoms with Crippen LogP contribution in [0.1, 0.15) is 5.69 Å². The van der Waals surface area contributed by atoms with Gasteiger partial charge in [0, 0.05) is 5.33 Å². The Hall–Kier alpha value is -0.870. The first-order chi connectivity index (χ1) is 5.86. The topological polar surface area (TPSA) is 50.9 Å². The summed E-state index contributed by atoms with van der Waals surface area (Å²) in [5.41, 5.74) is 3.38. The quantitative estimate of drug-likeness (QED) is 0.471. The van der Waals surface area contributed by atoms with Gasteiger partial charge in [0.2, 0.25) is 0 Å². The molecule has 0 aliphatic rings. The minimum Gasteiger partial charge on any atom is -0.308 e. The zero-order valence-corrected chi connectivity index (χ0v) is 8.08. The molecule has 1 heterocycles. The van der Waals surface area contributed by atoms with E-state index in [2.05, 4.69) is 26.3 Å². The summed E-state index contributed by atoms with van der Waals surface area (Å²) in [6, 6.07) is 5.63. The summed E-state index contributed by atoms with van der Waals surface area (Å²) in [7, 11) is 0. The summed E-state index contributed by atoms with van der Waals surface area (Å²) in [4.78, 5) is 4.19. The van der Waals surface area contributed by atoms with E-state index >= 15 is 0 Å². The molecule has 0 bridgehead atoms.